The van der Waals surface area contributed by atoms with Gasteiger partial charge in [-0.3, -0.25) is 4.79 Å². The SMILES string of the molecule is CC(C)(C(=O)N[C@H](CO)Cc1ccccc1)S(C)(=O)=O. The Morgan fingerprint density at radius 3 is 2.30 bits per heavy atom. The zero-order valence-corrected chi connectivity index (χ0v) is 12.8. The molecule has 0 unspecified atom stereocenters. The molecule has 1 aromatic carbocycles. The molecule has 0 fully saturated rings. The van der Waals surface area contributed by atoms with E-state index in [1.807, 2.05) is 30.3 Å². The van der Waals surface area contributed by atoms with Crippen LogP contribution in [0.2, 0.25) is 0 Å². The summed E-state index contributed by atoms with van der Waals surface area (Å²) in [6.07, 6.45) is 1.47. The molecule has 0 radical (unpaired) electrons. The largest absolute Gasteiger partial charge is 0.394 e. The van der Waals surface area contributed by atoms with E-state index in [1.54, 1.807) is 0 Å². The first-order valence-electron chi connectivity index (χ1n) is 6.34. The lowest BCUT2D eigenvalue weighted by molar-refractivity contribution is -0.123. The standard InChI is InChI=1S/C14H21NO4S/c1-14(2,20(3,18)19)13(17)15-12(10-16)9-11-7-5-4-6-8-11/h4-8,12,16H,9-10H2,1-3H3,(H,15,17)/t12-/m0/s1. The lowest BCUT2D eigenvalue weighted by atomic mass is 10.1. The Morgan fingerprint density at radius 2 is 1.85 bits per heavy atom. The molecule has 5 nitrogen and oxygen atoms in total. The second-order valence-corrected chi connectivity index (χ2v) is 7.89. The third-order valence-corrected chi connectivity index (χ3v) is 5.39. The van der Waals surface area contributed by atoms with Crippen LogP contribution in [0.1, 0.15) is 19.4 Å². The van der Waals surface area contributed by atoms with Crippen LogP contribution in [0.4, 0.5) is 0 Å². The molecular weight excluding hydrogens is 278 g/mol. The van der Waals surface area contributed by atoms with Crippen molar-refractivity contribution in [2.75, 3.05) is 12.9 Å². The van der Waals surface area contributed by atoms with Crippen molar-refractivity contribution < 1.29 is 18.3 Å². The van der Waals surface area contributed by atoms with E-state index in [9.17, 15) is 18.3 Å². The van der Waals surface area contributed by atoms with Gasteiger partial charge in [-0.2, -0.15) is 0 Å². The monoisotopic (exact) mass is 299 g/mol. The van der Waals surface area contributed by atoms with Gasteiger partial charge in [0.05, 0.1) is 12.6 Å². The minimum absolute atomic E-state index is 0.250. The molecule has 112 valence electrons. The summed E-state index contributed by atoms with van der Waals surface area (Å²) in [5.74, 6) is -0.602. The maximum Gasteiger partial charge on any atom is 0.241 e. The van der Waals surface area contributed by atoms with Crippen molar-refractivity contribution >= 4 is 15.7 Å². The molecule has 0 spiro atoms. The van der Waals surface area contributed by atoms with Gasteiger partial charge >= 0.3 is 0 Å². The normalized spacial score (nSPS) is 13.8. The van der Waals surface area contributed by atoms with Crippen LogP contribution in [0.15, 0.2) is 30.3 Å². The Balaban J connectivity index is 2.77. The molecule has 0 aliphatic heterocycles. The third kappa shape index (κ3) is 4.05. The lowest BCUT2D eigenvalue weighted by Crippen LogP contribution is -2.52. The van der Waals surface area contributed by atoms with E-state index in [2.05, 4.69) is 5.32 Å². The second kappa shape index (κ2) is 6.37. The van der Waals surface area contributed by atoms with E-state index < -0.39 is 26.5 Å². The minimum atomic E-state index is -3.52. The van der Waals surface area contributed by atoms with Gasteiger partial charge in [0.2, 0.25) is 5.91 Å². The fourth-order valence-corrected chi connectivity index (χ4v) is 1.98. The van der Waals surface area contributed by atoms with Crippen LogP contribution in [0.5, 0.6) is 0 Å². The number of hydrogen-bond acceptors (Lipinski definition) is 4. The van der Waals surface area contributed by atoms with Crippen LogP contribution >= 0.6 is 0 Å². The highest BCUT2D eigenvalue weighted by Gasteiger charge is 2.39. The smallest absolute Gasteiger partial charge is 0.241 e. The highest BCUT2D eigenvalue weighted by molar-refractivity contribution is 7.92. The Bertz CT molecular complexity index is 552. The van der Waals surface area contributed by atoms with E-state index >= 15 is 0 Å². The molecule has 1 atom stereocenters. The Kier molecular flexibility index (Phi) is 5.30. The van der Waals surface area contributed by atoms with Crippen molar-refractivity contribution in [3.05, 3.63) is 35.9 Å². The molecule has 1 aromatic rings. The van der Waals surface area contributed by atoms with Gasteiger partial charge in [0.25, 0.3) is 0 Å². The summed E-state index contributed by atoms with van der Waals surface area (Å²) in [7, 11) is -3.52. The Morgan fingerprint density at radius 1 is 1.30 bits per heavy atom. The fourth-order valence-electron chi connectivity index (χ4n) is 1.59. The van der Waals surface area contributed by atoms with Gasteiger partial charge in [-0.05, 0) is 25.8 Å². The van der Waals surface area contributed by atoms with Crippen molar-refractivity contribution in [3.63, 3.8) is 0 Å². The average Bonchev–Trinajstić information content (AvgIpc) is 2.37. The lowest BCUT2D eigenvalue weighted by Gasteiger charge is -2.25. The van der Waals surface area contributed by atoms with Crippen molar-refractivity contribution in [2.24, 2.45) is 0 Å². The van der Waals surface area contributed by atoms with Crippen molar-refractivity contribution in [3.8, 4) is 0 Å². The topological polar surface area (TPSA) is 83.5 Å². The number of amides is 1. The van der Waals surface area contributed by atoms with Gasteiger partial charge < -0.3 is 10.4 Å². The molecule has 0 aromatic heterocycles. The fraction of sp³-hybridized carbons (Fsp3) is 0.500. The van der Waals surface area contributed by atoms with E-state index in [4.69, 9.17) is 0 Å². The quantitative estimate of drug-likeness (QED) is 0.802. The number of carbonyl (C=O) groups is 1. The molecule has 6 heteroatoms. The summed E-state index contributed by atoms with van der Waals surface area (Å²) in [4.78, 5) is 12.1. The van der Waals surface area contributed by atoms with E-state index in [0.717, 1.165) is 11.8 Å². The molecule has 1 rings (SSSR count). The van der Waals surface area contributed by atoms with Crippen LogP contribution < -0.4 is 5.32 Å². The highest BCUT2D eigenvalue weighted by Crippen LogP contribution is 2.15. The number of rotatable bonds is 6. The zero-order valence-electron chi connectivity index (χ0n) is 12.0. The molecule has 0 aliphatic carbocycles. The number of aliphatic hydroxyl groups excluding tert-OH is 1. The predicted octanol–water partition coefficient (Wildman–Crippen LogP) is 0.529. The van der Waals surface area contributed by atoms with Crippen molar-refractivity contribution in [1.82, 2.24) is 5.32 Å². The number of sulfone groups is 1. The average molecular weight is 299 g/mol. The Labute approximate surface area is 119 Å². The Hall–Kier alpha value is -1.40. The molecule has 0 bridgehead atoms. The van der Waals surface area contributed by atoms with Crippen LogP contribution in [-0.4, -0.2) is 43.1 Å². The summed E-state index contributed by atoms with van der Waals surface area (Å²) in [5, 5.41) is 11.9. The highest BCUT2D eigenvalue weighted by atomic mass is 32.2. The van der Waals surface area contributed by atoms with E-state index in [1.165, 1.54) is 13.8 Å². The van der Waals surface area contributed by atoms with E-state index in [-0.39, 0.29) is 6.61 Å². The molecule has 2 N–H and O–H groups in total. The third-order valence-electron chi connectivity index (χ3n) is 3.35. The second-order valence-electron chi connectivity index (χ2n) is 5.33. The predicted molar refractivity (Wildman–Crippen MR) is 78.1 cm³/mol. The molecule has 20 heavy (non-hydrogen) atoms. The summed E-state index contributed by atoms with van der Waals surface area (Å²) >= 11 is 0. The summed E-state index contributed by atoms with van der Waals surface area (Å²) in [6.45, 7) is 2.46. The van der Waals surface area contributed by atoms with Crippen LogP contribution in [0.25, 0.3) is 0 Å². The molecule has 0 heterocycles. The number of benzene rings is 1. The number of hydrogen-bond donors (Lipinski definition) is 2. The first-order chi connectivity index (χ1) is 9.18. The minimum Gasteiger partial charge on any atom is -0.394 e. The summed E-state index contributed by atoms with van der Waals surface area (Å²) in [6, 6.07) is 8.87. The van der Waals surface area contributed by atoms with Gasteiger partial charge in [-0.15, -0.1) is 0 Å². The number of aliphatic hydroxyl groups is 1. The maximum absolute atomic E-state index is 12.1. The van der Waals surface area contributed by atoms with Gasteiger partial charge in [0.1, 0.15) is 4.75 Å². The van der Waals surface area contributed by atoms with Crippen LogP contribution in [-0.2, 0) is 21.1 Å². The van der Waals surface area contributed by atoms with Crippen molar-refractivity contribution in [2.45, 2.75) is 31.1 Å². The van der Waals surface area contributed by atoms with Crippen molar-refractivity contribution in [1.29, 1.82) is 0 Å². The first-order valence-corrected chi connectivity index (χ1v) is 8.23. The number of carbonyl (C=O) groups excluding carboxylic acids is 1. The molecule has 1 amide bonds. The molecule has 0 aliphatic rings. The van der Waals surface area contributed by atoms with E-state index in [0.29, 0.717) is 6.42 Å². The maximum atomic E-state index is 12.1. The number of nitrogens with one attached hydrogen (secondary N) is 1. The first kappa shape index (κ1) is 16.7. The summed E-state index contributed by atoms with van der Waals surface area (Å²) in [5.41, 5.74) is 0.962. The van der Waals surface area contributed by atoms with Gasteiger partial charge in [-0.25, -0.2) is 8.42 Å². The van der Waals surface area contributed by atoms with Gasteiger partial charge in [0.15, 0.2) is 9.84 Å². The molecule has 0 saturated carbocycles. The van der Waals surface area contributed by atoms with Crippen LogP contribution in [0.3, 0.4) is 0 Å². The summed E-state index contributed by atoms with van der Waals surface area (Å²) < 4.78 is 21.7. The zero-order chi connectivity index (χ0) is 15.4. The van der Waals surface area contributed by atoms with Gasteiger partial charge in [-0.1, -0.05) is 30.3 Å². The van der Waals surface area contributed by atoms with Crippen LogP contribution in [0, 0.1) is 0 Å². The van der Waals surface area contributed by atoms with Gasteiger partial charge in [0, 0.05) is 6.26 Å². The molecular formula is C14H21NO4S. The molecule has 0 saturated heterocycles.